The topological polar surface area (TPSA) is 56.7 Å². The number of aromatic nitrogens is 2. The van der Waals surface area contributed by atoms with E-state index >= 15 is 0 Å². The van der Waals surface area contributed by atoms with Gasteiger partial charge in [0.05, 0.1) is 33.1 Å². The number of rotatable bonds is 4. The fourth-order valence-corrected chi connectivity index (χ4v) is 3.42. The smallest absolute Gasteiger partial charge is 0.183 e. The number of ether oxygens (including phenoxy) is 3. The molecule has 1 saturated heterocycles. The molecule has 0 unspecified atom stereocenters. The van der Waals surface area contributed by atoms with Crippen LogP contribution in [0.25, 0.3) is 0 Å². The van der Waals surface area contributed by atoms with Gasteiger partial charge in [0.2, 0.25) is 0 Å². The molecule has 7 heteroatoms. The summed E-state index contributed by atoms with van der Waals surface area (Å²) in [6, 6.07) is 5.89. The summed E-state index contributed by atoms with van der Waals surface area (Å²) in [6.07, 6.45) is 2.81. The van der Waals surface area contributed by atoms with Crippen LogP contribution in [0.3, 0.4) is 0 Å². The lowest BCUT2D eigenvalue weighted by Gasteiger charge is -2.28. The molecule has 138 valence electrons. The third kappa shape index (κ3) is 3.58. The molecule has 0 radical (unpaired) electrons. The molecule has 0 amide bonds. The molecule has 0 aliphatic carbocycles. The van der Waals surface area contributed by atoms with Crippen molar-refractivity contribution in [3.8, 4) is 11.5 Å². The highest BCUT2D eigenvalue weighted by Crippen LogP contribution is 2.32. The number of hydrogen-bond acceptors (Lipinski definition) is 6. The second kappa shape index (κ2) is 7.45. The van der Waals surface area contributed by atoms with Gasteiger partial charge in [-0.15, -0.1) is 0 Å². The minimum Gasteiger partial charge on any atom is -0.497 e. The van der Waals surface area contributed by atoms with E-state index in [1.165, 1.54) is 6.20 Å². The number of nitrogens with zero attached hydrogens (tertiary/aromatic N) is 3. The maximum atomic E-state index is 14.2. The molecule has 2 aliphatic heterocycles. The molecule has 26 heavy (non-hydrogen) atoms. The molecule has 4 rings (SSSR count). The fourth-order valence-electron chi connectivity index (χ4n) is 3.42. The third-order valence-electron chi connectivity index (χ3n) is 4.81. The van der Waals surface area contributed by atoms with Gasteiger partial charge in [0.1, 0.15) is 17.3 Å². The third-order valence-corrected chi connectivity index (χ3v) is 4.81. The van der Waals surface area contributed by atoms with Crippen molar-refractivity contribution in [3.63, 3.8) is 0 Å². The van der Waals surface area contributed by atoms with Crippen LogP contribution in [0.1, 0.15) is 11.4 Å². The summed E-state index contributed by atoms with van der Waals surface area (Å²) in [5.41, 5.74) is 1.15. The minimum atomic E-state index is -0.381. The van der Waals surface area contributed by atoms with Gasteiger partial charge in [0, 0.05) is 31.5 Å². The van der Waals surface area contributed by atoms with E-state index in [1.54, 1.807) is 7.11 Å². The van der Waals surface area contributed by atoms with Crippen LogP contribution in [0.5, 0.6) is 11.5 Å². The van der Waals surface area contributed by atoms with E-state index in [9.17, 15) is 4.39 Å². The number of morpholine rings is 1. The van der Waals surface area contributed by atoms with Crippen LogP contribution >= 0.6 is 0 Å². The largest absolute Gasteiger partial charge is 0.497 e. The Bertz CT molecular complexity index is 781. The highest BCUT2D eigenvalue weighted by atomic mass is 19.1. The van der Waals surface area contributed by atoms with Crippen LogP contribution in [-0.4, -0.2) is 50.0 Å². The number of anilines is 1. The van der Waals surface area contributed by atoms with Crippen molar-refractivity contribution < 1.29 is 18.6 Å². The Balaban J connectivity index is 1.47. The second-order valence-electron chi connectivity index (χ2n) is 6.62. The first-order valence-corrected chi connectivity index (χ1v) is 8.87. The summed E-state index contributed by atoms with van der Waals surface area (Å²) >= 11 is 0. The Morgan fingerprint density at radius 1 is 1.31 bits per heavy atom. The van der Waals surface area contributed by atoms with Crippen molar-refractivity contribution in [2.24, 2.45) is 5.92 Å². The molecule has 0 bridgehead atoms. The van der Waals surface area contributed by atoms with Crippen LogP contribution in [-0.2, 0) is 17.6 Å². The molecular formula is C19H22FN3O3. The maximum Gasteiger partial charge on any atom is 0.183 e. The summed E-state index contributed by atoms with van der Waals surface area (Å²) in [4.78, 5) is 10.6. The van der Waals surface area contributed by atoms with E-state index in [0.29, 0.717) is 51.0 Å². The van der Waals surface area contributed by atoms with E-state index in [0.717, 1.165) is 23.5 Å². The van der Waals surface area contributed by atoms with Gasteiger partial charge in [-0.25, -0.2) is 14.4 Å². The molecule has 0 spiro atoms. The van der Waals surface area contributed by atoms with Crippen molar-refractivity contribution in [1.82, 2.24) is 9.97 Å². The number of methoxy groups -OCH3 is 1. The van der Waals surface area contributed by atoms with Crippen LogP contribution in [0.2, 0.25) is 0 Å². The second-order valence-corrected chi connectivity index (χ2v) is 6.62. The van der Waals surface area contributed by atoms with Gasteiger partial charge in [-0.05, 0) is 18.1 Å². The van der Waals surface area contributed by atoms with Crippen LogP contribution < -0.4 is 14.4 Å². The van der Waals surface area contributed by atoms with Gasteiger partial charge in [-0.2, -0.15) is 0 Å². The minimum absolute atomic E-state index is 0.263. The quantitative estimate of drug-likeness (QED) is 0.835. The molecule has 2 aromatic rings. The first-order valence-electron chi connectivity index (χ1n) is 8.87. The van der Waals surface area contributed by atoms with E-state index in [2.05, 4.69) is 9.97 Å². The fraction of sp³-hybridized carbons (Fsp3) is 0.474. The Morgan fingerprint density at radius 2 is 2.15 bits per heavy atom. The van der Waals surface area contributed by atoms with E-state index < -0.39 is 0 Å². The zero-order valence-corrected chi connectivity index (χ0v) is 14.8. The van der Waals surface area contributed by atoms with Crippen molar-refractivity contribution in [3.05, 3.63) is 41.6 Å². The lowest BCUT2D eigenvalue weighted by atomic mass is 9.93. The van der Waals surface area contributed by atoms with Gasteiger partial charge in [0.25, 0.3) is 0 Å². The summed E-state index contributed by atoms with van der Waals surface area (Å²) < 4.78 is 30.6. The van der Waals surface area contributed by atoms with Crippen molar-refractivity contribution in [2.45, 2.75) is 12.8 Å². The lowest BCUT2D eigenvalue weighted by molar-refractivity contribution is 0.122. The van der Waals surface area contributed by atoms with Gasteiger partial charge >= 0.3 is 0 Å². The molecule has 2 aliphatic rings. The molecule has 6 nitrogen and oxygen atoms in total. The van der Waals surface area contributed by atoms with Gasteiger partial charge in [-0.3, -0.25) is 0 Å². The Kier molecular flexibility index (Phi) is 4.88. The van der Waals surface area contributed by atoms with Crippen LogP contribution in [0.15, 0.2) is 24.4 Å². The van der Waals surface area contributed by atoms with Crippen LogP contribution in [0, 0.1) is 11.7 Å². The molecule has 1 atom stereocenters. The number of hydrogen-bond donors (Lipinski definition) is 0. The van der Waals surface area contributed by atoms with Crippen molar-refractivity contribution in [1.29, 1.82) is 0 Å². The van der Waals surface area contributed by atoms with Gasteiger partial charge < -0.3 is 19.1 Å². The van der Waals surface area contributed by atoms with E-state index in [1.807, 2.05) is 23.1 Å². The average Bonchev–Trinajstić information content (AvgIpc) is 2.69. The van der Waals surface area contributed by atoms with Gasteiger partial charge in [0.15, 0.2) is 11.6 Å². The summed E-state index contributed by atoms with van der Waals surface area (Å²) in [5, 5.41) is 0. The number of benzene rings is 1. The van der Waals surface area contributed by atoms with Crippen molar-refractivity contribution in [2.75, 3.05) is 44.9 Å². The molecule has 3 heterocycles. The SMILES string of the molecule is COc1ccc2c(c1)OC[C@@H](Cc1ncc(F)c(N3CCOCC3)n1)C2. The normalized spacial score (nSPS) is 19.6. The summed E-state index contributed by atoms with van der Waals surface area (Å²) in [6.45, 7) is 3.07. The first kappa shape index (κ1) is 17.0. The lowest BCUT2D eigenvalue weighted by Crippen LogP contribution is -2.37. The molecule has 0 saturated carbocycles. The number of halogens is 1. The molecule has 0 N–H and O–H groups in total. The molecule has 1 aromatic heterocycles. The predicted octanol–water partition coefficient (Wildman–Crippen LogP) is 2.25. The van der Waals surface area contributed by atoms with Gasteiger partial charge in [-0.1, -0.05) is 6.07 Å². The standard InChI is InChI=1S/C19H22FN3O3/c1-24-15-3-2-14-8-13(12-26-17(14)10-15)9-18-21-11-16(20)19(22-18)23-4-6-25-7-5-23/h2-3,10-11,13H,4-9,12H2,1H3/t13-/m1/s1. The van der Waals surface area contributed by atoms with E-state index in [-0.39, 0.29) is 11.7 Å². The molecular weight excluding hydrogens is 337 g/mol. The van der Waals surface area contributed by atoms with Crippen LogP contribution in [0.4, 0.5) is 10.2 Å². The van der Waals surface area contributed by atoms with Crippen molar-refractivity contribution >= 4 is 5.82 Å². The average molecular weight is 359 g/mol. The Morgan fingerprint density at radius 3 is 2.96 bits per heavy atom. The Labute approximate surface area is 151 Å². The zero-order valence-electron chi connectivity index (χ0n) is 14.8. The van der Waals surface area contributed by atoms with E-state index in [4.69, 9.17) is 14.2 Å². The highest BCUT2D eigenvalue weighted by Gasteiger charge is 2.23. The monoisotopic (exact) mass is 359 g/mol. The molecule has 1 aromatic carbocycles. The first-order chi connectivity index (χ1) is 12.7. The summed E-state index contributed by atoms with van der Waals surface area (Å²) in [7, 11) is 1.64. The number of fused-ring (bicyclic) bond motifs is 1. The highest BCUT2D eigenvalue weighted by molar-refractivity contribution is 5.42. The Hall–Kier alpha value is -2.41. The predicted molar refractivity (Wildman–Crippen MR) is 94.4 cm³/mol. The summed E-state index contributed by atoms with van der Waals surface area (Å²) in [5.74, 6) is 2.57. The molecule has 1 fully saturated rings. The zero-order chi connectivity index (χ0) is 17.9. The maximum absolute atomic E-state index is 14.2.